The number of sulfonamides is 1. The number of halogens is 2. The number of ether oxygens (including phenoxy) is 1. The first-order valence-corrected chi connectivity index (χ1v) is 16.5. The van der Waals surface area contributed by atoms with Crippen molar-refractivity contribution in [3.05, 3.63) is 124 Å². The monoisotopic (exact) mass is 667 g/mol. The minimum absolute atomic E-state index is 0.0169. The van der Waals surface area contributed by atoms with Gasteiger partial charge in [-0.2, -0.15) is 0 Å². The van der Waals surface area contributed by atoms with Gasteiger partial charge in [-0.05, 0) is 67.4 Å². The van der Waals surface area contributed by atoms with Crippen LogP contribution in [0.25, 0.3) is 0 Å². The van der Waals surface area contributed by atoms with Crippen LogP contribution in [0.5, 0.6) is 5.75 Å². The van der Waals surface area contributed by atoms with E-state index in [0.29, 0.717) is 17.1 Å². The lowest BCUT2D eigenvalue weighted by Crippen LogP contribution is -2.53. The van der Waals surface area contributed by atoms with Gasteiger partial charge in [0, 0.05) is 29.6 Å². The Labute approximate surface area is 274 Å². The number of methoxy groups -OCH3 is 1. The fourth-order valence-electron chi connectivity index (χ4n) is 4.84. The van der Waals surface area contributed by atoms with Crippen LogP contribution in [0.1, 0.15) is 23.6 Å². The zero-order valence-corrected chi connectivity index (χ0v) is 27.6. The van der Waals surface area contributed by atoms with Crippen LogP contribution < -0.4 is 14.4 Å². The molecular weight excluding hydrogens is 633 g/mol. The smallest absolute Gasteiger partial charge is 0.264 e. The molecule has 236 valence electrons. The van der Waals surface area contributed by atoms with Gasteiger partial charge in [0.05, 0.1) is 17.7 Å². The number of amides is 2. The Hall–Kier alpha value is -4.05. The quantitative estimate of drug-likeness (QED) is 0.181. The molecule has 0 aliphatic heterocycles. The van der Waals surface area contributed by atoms with Crippen LogP contribution in [0.3, 0.4) is 0 Å². The van der Waals surface area contributed by atoms with Crippen LogP contribution >= 0.6 is 23.2 Å². The van der Waals surface area contributed by atoms with E-state index < -0.39 is 28.5 Å². The van der Waals surface area contributed by atoms with Gasteiger partial charge in [-0.15, -0.1) is 0 Å². The molecule has 4 aromatic rings. The maximum Gasteiger partial charge on any atom is 0.264 e. The van der Waals surface area contributed by atoms with Crippen molar-refractivity contribution in [2.75, 3.05) is 24.5 Å². The Morgan fingerprint density at radius 3 is 2.13 bits per heavy atom. The van der Waals surface area contributed by atoms with Gasteiger partial charge >= 0.3 is 0 Å². The van der Waals surface area contributed by atoms with Crippen LogP contribution in [-0.4, -0.2) is 51.4 Å². The molecule has 4 aromatic carbocycles. The second-order valence-corrected chi connectivity index (χ2v) is 13.1. The van der Waals surface area contributed by atoms with Gasteiger partial charge in [-0.1, -0.05) is 83.4 Å². The second kappa shape index (κ2) is 15.3. The van der Waals surface area contributed by atoms with E-state index >= 15 is 0 Å². The first-order chi connectivity index (χ1) is 21.5. The Bertz CT molecular complexity index is 1720. The van der Waals surface area contributed by atoms with Gasteiger partial charge in [-0.3, -0.25) is 13.9 Å². The number of anilines is 1. The maximum atomic E-state index is 14.5. The Morgan fingerprint density at radius 2 is 1.51 bits per heavy atom. The Balaban J connectivity index is 1.84. The van der Waals surface area contributed by atoms with Gasteiger partial charge in [0.15, 0.2) is 0 Å². The van der Waals surface area contributed by atoms with Crippen molar-refractivity contribution >= 4 is 50.7 Å². The summed E-state index contributed by atoms with van der Waals surface area (Å²) >= 11 is 12.5. The lowest BCUT2D eigenvalue weighted by Gasteiger charge is -2.34. The molecule has 1 N–H and O–H groups in total. The molecule has 11 heteroatoms. The molecule has 0 heterocycles. The second-order valence-electron chi connectivity index (χ2n) is 10.4. The minimum Gasteiger partial charge on any atom is -0.495 e. The van der Waals surface area contributed by atoms with Crippen LogP contribution in [0, 0.1) is 6.92 Å². The third-order valence-electron chi connectivity index (χ3n) is 7.19. The SMILES string of the molecule is CCNC(=O)C(Cc1ccccc1)N(Cc1ccc(Cl)cc1)C(=O)CN(c1cc(Cl)ccc1OC)S(=O)(=O)c1ccc(C)cc1. The Kier molecular flexibility index (Phi) is 11.5. The molecule has 8 nitrogen and oxygen atoms in total. The minimum atomic E-state index is -4.31. The molecule has 45 heavy (non-hydrogen) atoms. The predicted molar refractivity (Wildman–Crippen MR) is 178 cm³/mol. The molecule has 2 amide bonds. The van der Waals surface area contributed by atoms with Gasteiger partial charge in [0.2, 0.25) is 11.8 Å². The number of hydrogen-bond acceptors (Lipinski definition) is 5. The highest BCUT2D eigenvalue weighted by Crippen LogP contribution is 2.35. The van der Waals surface area contributed by atoms with Crippen molar-refractivity contribution in [3.63, 3.8) is 0 Å². The number of nitrogens with zero attached hydrogens (tertiary/aromatic N) is 2. The summed E-state index contributed by atoms with van der Waals surface area (Å²) in [7, 11) is -2.91. The van der Waals surface area contributed by atoms with Crippen molar-refractivity contribution in [1.29, 1.82) is 0 Å². The van der Waals surface area contributed by atoms with Crippen LogP contribution in [0.2, 0.25) is 10.0 Å². The normalized spacial score (nSPS) is 11.8. The first-order valence-electron chi connectivity index (χ1n) is 14.3. The molecule has 0 aromatic heterocycles. The van der Waals surface area contributed by atoms with Gasteiger partial charge < -0.3 is 15.0 Å². The molecule has 0 bridgehead atoms. The average Bonchev–Trinajstić information content (AvgIpc) is 3.03. The zero-order chi connectivity index (χ0) is 32.6. The molecule has 0 fully saturated rings. The number of carbonyl (C=O) groups is 2. The van der Waals surface area contributed by atoms with E-state index in [2.05, 4.69) is 5.32 Å². The van der Waals surface area contributed by atoms with Gasteiger partial charge in [0.1, 0.15) is 18.3 Å². The summed E-state index contributed by atoms with van der Waals surface area (Å²) in [4.78, 5) is 29.5. The van der Waals surface area contributed by atoms with Crippen molar-refractivity contribution in [1.82, 2.24) is 10.2 Å². The van der Waals surface area contributed by atoms with Gasteiger partial charge in [-0.25, -0.2) is 8.42 Å². The summed E-state index contributed by atoms with van der Waals surface area (Å²) in [6.45, 7) is 3.38. The van der Waals surface area contributed by atoms with E-state index in [9.17, 15) is 18.0 Å². The fourth-order valence-corrected chi connectivity index (χ4v) is 6.55. The molecule has 0 saturated heterocycles. The highest BCUT2D eigenvalue weighted by molar-refractivity contribution is 7.92. The number of rotatable bonds is 13. The highest BCUT2D eigenvalue weighted by Gasteiger charge is 2.35. The molecular formula is C34H35Cl2N3O5S. The molecule has 0 saturated carbocycles. The Morgan fingerprint density at radius 1 is 0.867 bits per heavy atom. The number of nitrogens with one attached hydrogen (secondary N) is 1. The summed E-state index contributed by atoms with van der Waals surface area (Å²) in [6.07, 6.45) is 0.206. The van der Waals surface area contributed by atoms with Crippen LogP contribution in [0.15, 0.2) is 102 Å². The number of benzene rings is 4. The average molecular weight is 669 g/mol. The van der Waals surface area contributed by atoms with E-state index in [1.54, 1.807) is 49.4 Å². The lowest BCUT2D eigenvalue weighted by molar-refractivity contribution is -0.140. The molecule has 0 aliphatic carbocycles. The summed E-state index contributed by atoms with van der Waals surface area (Å²) in [5.41, 5.74) is 2.51. The predicted octanol–water partition coefficient (Wildman–Crippen LogP) is 6.28. The third kappa shape index (κ3) is 8.57. The third-order valence-corrected chi connectivity index (χ3v) is 9.45. The molecule has 1 unspecified atom stereocenters. The molecule has 0 spiro atoms. The van der Waals surface area contributed by atoms with E-state index in [1.807, 2.05) is 37.3 Å². The molecule has 0 radical (unpaired) electrons. The summed E-state index contributed by atoms with van der Waals surface area (Å²) in [5.74, 6) is -0.761. The maximum absolute atomic E-state index is 14.5. The fraction of sp³-hybridized carbons (Fsp3) is 0.235. The standard InChI is InChI=1S/C34H35Cl2N3O5S/c1-4-37-34(41)31(20-25-8-6-5-7-9-25)38(22-26-12-14-27(35)15-13-26)33(40)23-39(30-21-28(36)16-19-32(30)44-3)45(42,43)29-17-10-24(2)11-18-29/h5-19,21,31H,4,20,22-23H2,1-3H3,(H,37,41). The number of carbonyl (C=O) groups excluding carboxylic acids is 2. The molecule has 0 aliphatic rings. The summed E-state index contributed by atoms with van der Waals surface area (Å²) in [5, 5.41) is 3.62. The van der Waals surface area contributed by atoms with Crippen molar-refractivity contribution in [3.8, 4) is 5.75 Å². The van der Waals surface area contributed by atoms with Crippen molar-refractivity contribution in [2.24, 2.45) is 0 Å². The highest BCUT2D eigenvalue weighted by atomic mass is 35.5. The molecule has 1 atom stereocenters. The number of hydrogen-bond donors (Lipinski definition) is 1. The van der Waals surface area contributed by atoms with E-state index in [4.69, 9.17) is 27.9 Å². The van der Waals surface area contributed by atoms with E-state index in [-0.39, 0.29) is 40.2 Å². The number of likely N-dealkylation sites (N-methyl/N-ethyl adjacent to an activating group) is 1. The topological polar surface area (TPSA) is 96.0 Å². The van der Waals surface area contributed by atoms with Crippen molar-refractivity contribution in [2.45, 2.75) is 37.8 Å². The lowest BCUT2D eigenvalue weighted by atomic mass is 10.0. The first kappa shape index (κ1) is 33.8. The largest absolute Gasteiger partial charge is 0.495 e. The summed E-state index contributed by atoms with van der Waals surface area (Å²) < 4.78 is 35.0. The van der Waals surface area contributed by atoms with E-state index in [0.717, 1.165) is 15.4 Å². The summed E-state index contributed by atoms with van der Waals surface area (Å²) in [6, 6.07) is 26.2. The van der Waals surface area contributed by atoms with Crippen LogP contribution in [-0.2, 0) is 32.6 Å². The van der Waals surface area contributed by atoms with E-state index in [1.165, 1.54) is 36.3 Å². The molecule has 4 rings (SSSR count). The zero-order valence-electron chi connectivity index (χ0n) is 25.2. The number of aryl methyl sites for hydroxylation is 1. The van der Waals surface area contributed by atoms with Gasteiger partial charge in [0.25, 0.3) is 10.0 Å². The van der Waals surface area contributed by atoms with Crippen LogP contribution in [0.4, 0.5) is 5.69 Å². The van der Waals surface area contributed by atoms with Crippen molar-refractivity contribution < 1.29 is 22.7 Å².